The molecule has 2 aromatic heterocycles. The van der Waals surface area contributed by atoms with E-state index in [9.17, 15) is 9.59 Å². The molecule has 0 aliphatic heterocycles. The smallest absolute Gasteiger partial charge is 0.359 e. The summed E-state index contributed by atoms with van der Waals surface area (Å²) >= 11 is 1.19. The average molecular weight is 345 g/mol. The molecule has 0 bridgehead atoms. The van der Waals surface area contributed by atoms with Crippen LogP contribution in [0.15, 0.2) is 34.4 Å². The number of nitrogens with two attached hydrogens (primary N) is 1. The molecule has 2 N–H and O–H groups in total. The van der Waals surface area contributed by atoms with Crippen LogP contribution in [0.4, 0.5) is 5.00 Å². The monoisotopic (exact) mass is 345 g/mol. The second-order valence-corrected chi connectivity index (χ2v) is 5.79. The fraction of sp³-hybridized carbons (Fsp3) is 0.188. The summed E-state index contributed by atoms with van der Waals surface area (Å²) < 4.78 is 11.4. The average Bonchev–Trinajstić information content (AvgIpc) is 2.98. The van der Waals surface area contributed by atoms with Crippen molar-refractivity contribution in [2.24, 2.45) is 0 Å². The number of anilines is 1. The standard InChI is InChI=1S/C16H15N3O4S/c1-3-23-16(21)13-11-8-24-14(17)12(11)15(20)19(18-13)9-5-4-6-10(7-9)22-2/h4-8H,3,17H2,1-2H3. The van der Waals surface area contributed by atoms with Gasteiger partial charge in [0.15, 0.2) is 5.69 Å². The molecule has 0 spiro atoms. The molecule has 0 saturated carbocycles. The largest absolute Gasteiger partial charge is 0.497 e. The third-order valence-electron chi connectivity index (χ3n) is 3.45. The lowest BCUT2D eigenvalue weighted by Gasteiger charge is -2.10. The van der Waals surface area contributed by atoms with Gasteiger partial charge in [0.25, 0.3) is 5.56 Å². The Hall–Kier alpha value is -2.87. The maximum Gasteiger partial charge on any atom is 0.359 e. The van der Waals surface area contributed by atoms with Gasteiger partial charge in [-0.05, 0) is 19.1 Å². The molecule has 7 nitrogen and oxygen atoms in total. The number of rotatable bonds is 4. The number of ether oxygens (including phenoxy) is 2. The van der Waals surface area contributed by atoms with Gasteiger partial charge >= 0.3 is 5.97 Å². The molecule has 0 aliphatic carbocycles. The molecule has 2 heterocycles. The highest BCUT2D eigenvalue weighted by Crippen LogP contribution is 2.28. The van der Waals surface area contributed by atoms with Crippen molar-refractivity contribution in [2.75, 3.05) is 19.5 Å². The van der Waals surface area contributed by atoms with Gasteiger partial charge in [-0.2, -0.15) is 9.78 Å². The number of esters is 1. The molecular formula is C16H15N3O4S. The molecule has 3 rings (SSSR count). The molecule has 0 amide bonds. The van der Waals surface area contributed by atoms with Crippen molar-refractivity contribution in [3.63, 3.8) is 0 Å². The summed E-state index contributed by atoms with van der Waals surface area (Å²) in [5, 5.41) is 6.84. The molecule has 0 saturated heterocycles. The van der Waals surface area contributed by atoms with Crippen molar-refractivity contribution in [1.82, 2.24) is 9.78 Å². The van der Waals surface area contributed by atoms with Crippen LogP contribution in [0.5, 0.6) is 5.75 Å². The zero-order chi connectivity index (χ0) is 17.3. The highest BCUT2D eigenvalue weighted by Gasteiger charge is 2.21. The molecule has 124 valence electrons. The van der Waals surface area contributed by atoms with Gasteiger partial charge in [-0.1, -0.05) is 6.07 Å². The van der Waals surface area contributed by atoms with Crippen molar-refractivity contribution in [3.05, 3.63) is 45.7 Å². The number of aromatic nitrogens is 2. The number of hydrogen-bond donors (Lipinski definition) is 1. The Morgan fingerprint density at radius 3 is 2.92 bits per heavy atom. The lowest BCUT2D eigenvalue weighted by Crippen LogP contribution is -2.25. The third kappa shape index (κ3) is 2.61. The fourth-order valence-electron chi connectivity index (χ4n) is 2.34. The lowest BCUT2D eigenvalue weighted by molar-refractivity contribution is 0.0520. The molecular weight excluding hydrogens is 330 g/mol. The number of carbonyl (C=O) groups is 1. The predicted molar refractivity (Wildman–Crippen MR) is 92.1 cm³/mol. The van der Waals surface area contributed by atoms with E-state index in [0.29, 0.717) is 21.8 Å². The molecule has 8 heteroatoms. The first kappa shape index (κ1) is 16.0. The summed E-state index contributed by atoms with van der Waals surface area (Å²) in [5.41, 5.74) is 6.05. The summed E-state index contributed by atoms with van der Waals surface area (Å²) in [6.07, 6.45) is 0. The Labute approximate surface area is 141 Å². The number of fused-ring (bicyclic) bond motifs is 1. The molecule has 0 radical (unpaired) electrons. The molecule has 1 aromatic carbocycles. The normalized spacial score (nSPS) is 10.8. The fourth-order valence-corrected chi connectivity index (χ4v) is 3.13. The van der Waals surface area contributed by atoms with Crippen molar-refractivity contribution in [1.29, 1.82) is 0 Å². The minimum atomic E-state index is -0.600. The topological polar surface area (TPSA) is 96.4 Å². The van der Waals surface area contributed by atoms with Gasteiger partial charge in [0.05, 0.1) is 29.8 Å². The van der Waals surface area contributed by atoms with Gasteiger partial charge in [0.2, 0.25) is 0 Å². The number of carbonyl (C=O) groups excluding carboxylic acids is 1. The summed E-state index contributed by atoms with van der Waals surface area (Å²) in [6.45, 7) is 1.91. The maximum atomic E-state index is 12.8. The second kappa shape index (κ2) is 6.32. The van der Waals surface area contributed by atoms with Crippen LogP contribution < -0.4 is 16.0 Å². The first-order chi connectivity index (χ1) is 11.6. The van der Waals surface area contributed by atoms with E-state index in [-0.39, 0.29) is 17.7 Å². The van der Waals surface area contributed by atoms with E-state index in [1.807, 2.05) is 0 Å². The Morgan fingerprint density at radius 1 is 1.42 bits per heavy atom. The Balaban J connectivity index is 2.32. The van der Waals surface area contributed by atoms with E-state index in [0.717, 1.165) is 4.68 Å². The van der Waals surface area contributed by atoms with Crippen LogP contribution >= 0.6 is 11.3 Å². The molecule has 0 aliphatic rings. The number of nitrogen functional groups attached to an aromatic ring is 1. The quantitative estimate of drug-likeness (QED) is 0.728. The van der Waals surface area contributed by atoms with Crippen LogP contribution in [-0.2, 0) is 4.74 Å². The lowest BCUT2D eigenvalue weighted by atomic mass is 10.2. The molecule has 24 heavy (non-hydrogen) atoms. The highest BCUT2D eigenvalue weighted by molar-refractivity contribution is 7.15. The highest BCUT2D eigenvalue weighted by atomic mass is 32.1. The zero-order valence-electron chi connectivity index (χ0n) is 13.1. The van der Waals surface area contributed by atoms with Crippen LogP contribution in [0.3, 0.4) is 0 Å². The van der Waals surface area contributed by atoms with Crippen LogP contribution in [0.1, 0.15) is 17.4 Å². The first-order valence-corrected chi connectivity index (χ1v) is 8.06. The van der Waals surface area contributed by atoms with Crippen molar-refractivity contribution < 1.29 is 14.3 Å². The van der Waals surface area contributed by atoms with Crippen LogP contribution in [0.2, 0.25) is 0 Å². The summed E-state index contributed by atoms with van der Waals surface area (Å²) in [6, 6.07) is 6.82. The minimum absolute atomic E-state index is 0.0576. The summed E-state index contributed by atoms with van der Waals surface area (Å²) in [5.74, 6) is -0.0331. The second-order valence-electron chi connectivity index (χ2n) is 4.88. The van der Waals surface area contributed by atoms with Crippen molar-refractivity contribution in [3.8, 4) is 11.4 Å². The van der Waals surface area contributed by atoms with Gasteiger partial charge in [-0.25, -0.2) is 4.79 Å². The van der Waals surface area contributed by atoms with E-state index in [1.165, 1.54) is 18.4 Å². The Morgan fingerprint density at radius 2 is 2.21 bits per heavy atom. The van der Waals surface area contributed by atoms with Gasteiger partial charge in [-0.3, -0.25) is 4.79 Å². The van der Waals surface area contributed by atoms with Gasteiger partial charge in [0.1, 0.15) is 5.75 Å². The van der Waals surface area contributed by atoms with Crippen LogP contribution in [0.25, 0.3) is 16.5 Å². The summed E-state index contributed by atoms with van der Waals surface area (Å²) in [7, 11) is 1.53. The molecule has 0 atom stereocenters. The maximum absolute atomic E-state index is 12.8. The van der Waals surface area contributed by atoms with Gasteiger partial charge < -0.3 is 15.2 Å². The SMILES string of the molecule is CCOC(=O)c1nn(-c2cccc(OC)c2)c(=O)c2c(N)scc12. The van der Waals surface area contributed by atoms with E-state index in [2.05, 4.69) is 5.10 Å². The number of hydrogen-bond acceptors (Lipinski definition) is 7. The van der Waals surface area contributed by atoms with Crippen LogP contribution in [0, 0.1) is 0 Å². The van der Waals surface area contributed by atoms with Gasteiger partial charge in [-0.15, -0.1) is 11.3 Å². The molecule has 0 fully saturated rings. The Bertz CT molecular complexity index is 977. The number of thiophene rings is 1. The van der Waals surface area contributed by atoms with Crippen LogP contribution in [-0.4, -0.2) is 29.5 Å². The molecule has 3 aromatic rings. The minimum Gasteiger partial charge on any atom is -0.497 e. The Kier molecular flexibility index (Phi) is 4.22. The van der Waals surface area contributed by atoms with E-state index >= 15 is 0 Å². The van der Waals surface area contributed by atoms with Crippen molar-refractivity contribution in [2.45, 2.75) is 6.92 Å². The van der Waals surface area contributed by atoms with Crippen molar-refractivity contribution >= 4 is 33.1 Å². The number of methoxy groups -OCH3 is 1. The number of nitrogens with zero attached hydrogens (tertiary/aromatic N) is 2. The van der Waals surface area contributed by atoms with Gasteiger partial charge in [0, 0.05) is 16.8 Å². The zero-order valence-corrected chi connectivity index (χ0v) is 13.9. The first-order valence-electron chi connectivity index (χ1n) is 7.18. The molecule has 0 unspecified atom stereocenters. The predicted octanol–water partition coefficient (Wildman–Crippen LogP) is 2.21. The van der Waals surface area contributed by atoms with E-state index in [4.69, 9.17) is 15.2 Å². The number of benzene rings is 1. The third-order valence-corrected chi connectivity index (χ3v) is 4.26. The summed E-state index contributed by atoms with van der Waals surface area (Å²) in [4.78, 5) is 25.0. The van der Waals surface area contributed by atoms with E-state index < -0.39 is 11.5 Å². The van der Waals surface area contributed by atoms with E-state index in [1.54, 1.807) is 36.6 Å².